The van der Waals surface area contributed by atoms with Crippen LogP contribution in [0.15, 0.2) is 34.2 Å². The van der Waals surface area contributed by atoms with Crippen LogP contribution < -0.4 is 5.32 Å². The average molecular weight is 421 g/mol. The summed E-state index contributed by atoms with van der Waals surface area (Å²) in [5, 5.41) is 3.04. The van der Waals surface area contributed by atoms with Gasteiger partial charge in [0.1, 0.15) is 22.7 Å². The van der Waals surface area contributed by atoms with Crippen molar-refractivity contribution in [1.29, 1.82) is 0 Å². The van der Waals surface area contributed by atoms with Gasteiger partial charge in [0.25, 0.3) is 10.0 Å². The SMILES string of the molecule is CC1=C(c2ccc(F)cc2)S(=O)(=O)N=C1N1CCC(NC(=O)C2CCCO2)CC1. The van der Waals surface area contributed by atoms with Crippen LogP contribution in [0.2, 0.25) is 0 Å². The highest BCUT2D eigenvalue weighted by Crippen LogP contribution is 2.34. The first kappa shape index (κ1) is 20.0. The number of ether oxygens (including phenoxy) is 1. The van der Waals surface area contributed by atoms with Gasteiger partial charge in [0, 0.05) is 31.3 Å². The number of benzene rings is 1. The van der Waals surface area contributed by atoms with E-state index in [0.29, 0.717) is 49.5 Å². The molecular formula is C20H24FN3O4S. The predicted molar refractivity (Wildman–Crippen MR) is 107 cm³/mol. The minimum atomic E-state index is -3.83. The number of amides is 1. The normalized spacial score (nSPS) is 24.7. The second-order valence-corrected chi connectivity index (χ2v) is 9.16. The van der Waals surface area contributed by atoms with Gasteiger partial charge >= 0.3 is 0 Å². The molecule has 2 fully saturated rings. The molecule has 0 saturated carbocycles. The Morgan fingerprint density at radius 1 is 1.21 bits per heavy atom. The summed E-state index contributed by atoms with van der Waals surface area (Å²) < 4.78 is 47.9. The minimum Gasteiger partial charge on any atom is -0.368 e. The molecule has 0 aliphatic carbocycles. The number of amidine groups is 1. The lowest BCUT2D eigenvalue weighted by Crippen LogP contribution is -2.48. The lowest BCUT2D eigenvalue weighted by molar-refractivity contribution is -0.131. The summed E-state index contributed by atoms with van der Waals surface area (Å²) >= 11 is 0. The van der Waals surface area contributed by atoms with Crippen LogP contribution in [0.5, 0.6) is 0 Å². The molecule has 1 aromatic rings. The highest BCUT2D eigenvalue weighted by atomic mass is 32.2. The van der Waals surface area contributed by atoms with E-state index in [-0.39, 0.29) is 23.0 Å². The number of carbonyl (C=O) groups excluding carboxylic acids is 1. The Balaban J connectivity index is 1.44. The monoisotopic (exact) mass is 421 g/mol. The predicted octanol–water partition coefficient (Wildman–Crippen LogP) is 2.06. The second kappa shape index (κ2) is 7.87. The average Bonchev–Trinajstić information content (AvgIpc) is 3.30. The maximum Gasteiger partial charge on any atom is 0.285 e. The van der Waals surface area contributed by atoms with E-state index in [9.17, 15) is 17.6 Å². The summed E-state index contributed by atoms with van der Waals surface area (Å²) in [6, 6.07) is 5.44. The lowest BCUT2D eigenvalue weighted by atomic mass is 10.0. The van der Waals surface area contributed by atoms with Crippen LogP contribution in [-0.4, -0.2) is 56.9 Å². The Bertz CT molecular complexity index is 958. The molecule has 1 aromatic carbocycles. The van der Waals surface area contributed by atoms with Crippen molar-refractivity contribution >= 4 is 26.7 Å². The second-order valence-electron chi connectivity index (χ2n) is 7.62. The first-order valence-electron chi connectivity index (χ1n) is 9.84. The van der Waals surface area contributed by atoms with Gasteiger partial charge < -0.3 is 15.0 Å². The largest absolute Gasteiger partial charge is 0.368 e. The highest BCUT2D eigenvalue weighted by molar-refractivity contribution is 8.00. The Labute approximate surface area is 169 Å². The summed E-state index contributed by atoms with van der Waals surface area (Å²) in [7, 11) is -3.83. The summed E-state index contributed by atoms with van der Waals surface area (Å²) in [4.78, 5) is 14.3. The fraction of sp³-hybridized carbons (Fsp3) is 0.500. The van der Waals surface area contributed by atoms with Gasteiger partial charge in [-0.1, -0.05) is 12.1 Å². The van der Waals surface area contributed by atoms with Gasteiger partial charge in [0.2, 0.25) is 5.91 Å². The molecule has 1 unspecified atom stereocenters. The maximum atomic E-state index is 13.2. The van der Waals surface area contributed by atoms with E-state index >= 15 is 0 Å². The quantitative estimate of drug-likeness (QED) is 0.807. The molecule has 156 valence electrons. The third-order valence-corrected chi connectivity index (χ3v) is 7.08. The van der Waals surface area contributed by atoms with Crippen LogP contribution in [0, 0.1) is 5.82 Å². The van der Waals surface area contributed by atoms with E-state index in [4.69, 9.17) is 4.74 Å². The van der Waals surface area contributed by atoms with Crippen molar-refractivity contribution in [2.24, 2.45) is 4.40 Å². The fourth-order valence-electron chi connectivity index (χ4n) is 4.10. The van der Waals surface area contributed by atoms with E-state index in [1.54, 1.807) is 6.92 Å². The number of carbonyl (C=O) groups is 1. The Hall–Kier alpha value is -2.26. The van der Waals surface area contributed by atoms with E-state index in [0.717, 1.165) is 12.8 Å². The highest BCUT2D eigenvalue weighted by Gasteiger charge is 2.35. The zero-order valence-corrected chi connectivity index (χ0v) is 17.0. The fourth-order valence-corrected chi connectivity index (χ4v) is 5.58. The molecule has 0 aromatic heterocycles. The molecule has 3 aliphatic rings. The summed E-state index contributed by atoms with van der Waals surface area (Å²) in [5.74, 6) is -0.0414. The minimum absolute atomic E-state index is 0.0439. The van der Waals surface area contributed by atoms with Crippen LogP contribution in [0.3, 0.4) is 0 Å². The number of nitrogens with zero attached hydrogens (tertiary/aromatic N) is 2. The van der Waals surface area contributed by atoms with Crippen LogP contribution in [0.4, 0.5) is 4.39 Å². The smallest absolute Gasteiger partial charge is 0.285 e. The van der Waals surface area contributed by atoms with Gasteiger partial charge in [0.15, 0.2) is 0 Å². The molecule has 9 heteroatoms. The molecule has 3 aliphatic heterocycles. The van der Waals surface area contributed by atoms with Crippen molar-refractivity contribution < 1.29 is 22.3 Å². The van der Waals surface area contributed by atoms with Crippen LogP contribution in [-0.2, 0) is 19.6 Å². The summed E-state index contributed by atoms with van der Waals surface area (Å²) in [6.45, 7) is 3.55. The number of nitrogens with one attached hydrogen (secondary N) is 1. The molecule has 4 rings (SSSR count). The van der Waals surface area contributed by atoms with E-state index in [2.05, 4.69) is 9.71 Å². The van der Waals surface area contributed by atoms with E-state index < -0.39 is 15.8 Å². The van der Waals surface area contributed by atoms with Gasteiger partial charge in [-0.25, -0.2) is 4.39 Å². The zero-order valence-electron chi connectivity index (χ0n) is 16.2. The molecule has 29 heavy (non-hydrogen) atoms. The molecule has 1 atom stereocenters. The molecule has 1 amide bonds. The van der Waals surface area contributed by atoms with Crippen molar-refractivity contribution in [3.63, 3.8) is 0 Å². The molecular weight excluding hydrogens is 397 g/mol. The number of hydrogen-bond donors (Lipinski definition) is 1. The van der Waals surface area contributed by atoms with Gasteiger partial charge in [0.05, 0.1) is 0 Å². The number of piperidine rings is 1. The zero-order chi connectivity index (χ0) is 20.6. The van der Waals surface area contributed by atoms with Gasteiger partial charge in [-0.3, -0.25) is 4.79 Å². The molecule has 1 N–H and O–H groups in total. The van der Waals surface area contributed by atoms with Gasteiger partial charge in [-0.05, 0) is 50.3 Å². The molecule has 3 heterocycles. The number of hydrogen-bond acceptors (Lipinski definition) is 5. The summed E-state index contributed by atoms with van der Waals surface area (Å²) in [6.07, 6.45) is 2.73. The van der Waals surface area contributed by atoms with Gasteiger partial charge in [-0.2, -0.15) is 8.42 Å². The van der Waals surface area contributed by atoms with Gasteiger partial charge in [-0.15, -0.1) is 4.40 Å². The number of rotatable bonds is 3. The first-order valence-corrected chi connectivity index (χ1v) is 11.3. The Kier molecular flexibility index (Phi) is 5.44. The van der Waals surface area contributed by atoms with E-state index in [1.165, 1.54) is 24.3 Å². The van der Waals surface area contributed by atoms with Crippen molar-refractivity contribution in [1.82, 2.24) is 10.2 Å². The first-order chi connectivity index (χ1) is 13.8. The Morgan fingerprint density at radius 3 is 2.52 bits per heavy atom. The molecule has 0 spiro atoms. The number of halogens is 1. The third-order valence-electron chi connectivity index (χ3n) is 5.61. The molecule has 0 bridgehead atoms. The van der Waals surface area contributed by atoms with Crippen molar-refractivity contribution in [2.45, 2.75) is 44.8 Å². The standard InChI is InChI=1S/C20H24FN3O4S/c1-13-18(14-4-6-15(21)7-5-14)29(26,27)23-19(13)24-10-8-16(9-11-24)22-20(25)17-3-2-12-28-17/h4-7,16-17H,2-3,8-12H2,1H3,(H,22,25). The van der Waals surface area contributed by atoms with Crippen molar-refractivity contribution in [2.75, 3.05) is 19.7 Å². The number of sulfonamides is 1. The molecule has 0 radical (unpaired) electrons. The van der Waals surface area contributed by atoms with Crippen LogP contribution >= 0.6 is 0 Å². The lowest BCUT2D eigenvalue weighted by Gasteiger charge is -2.34. The van der Waals surface area contributed by atoms with Crippen LogP contribution in [0.1, 0.15) is 38.2 Å². The van der Waals surface area contributed by atoms with Crippen molar-refractivity contribution in [3.8, 4) is 0 Å². The summed E-state index contributed by atoms with van der Waals surface area (Å²) in [5.41, 5.74) is 1.000. The topological polar surface area (TPSA) is 88.1 Å². The van der Waals surface area contributed by atoms with E-state index in [1.807, 2.05) is 4.90 Å². The third kappa shape index (κ3) is 4.06. The van der Waals surface area contributed by atoms with Crippen LogP contribution in [0.25, 0.3) is 4.91 Å². The van der Waals surface area contributed by atoms with Crippen molar-refractivity contribution in [3.05, 3.63) is 41.2 Å². The maximum absolute atomic E-state index is 13.2. The molecule has 2 saturated heterocycles. The molecule has 7 nitrogen and oxygen atoms in total. The number of likely N-dealkylation sites (tertiary alicyclic amines) is 1. The Morgan fingerprint density at radius 2 is 1.90 bits per heavy atom.